The van der Waals surface area contributed by atoms with Crippen LogP contribution >= 0.6 is 0 Å². The number of aromatic nitrogens is 2. The van der Waals surface area contributed by atoms with Gasteiger partial charge in [-0.2, -0.15) is 0 Å². The fourth-order valence-electron chi connectivity index (χ4n) is 2.15. The number of nitrogens with one attached hydrogen (secondary N) is 2. The fraction of sp³-hybridized carbons (Fsp3) is 0.333. The van der Waals surface area contributed by atoms with Gasteiger partial charge in [0.25, 0.3) is 5.91 Å². The number of carbonyl (C=O) groups excluding carboxylic acids is 2. The lowest BCUT2D eigenvalue weighted by Crippen LogP contribution is -2.15. The van der Waals surface area contributed by atoms with Gasteiger partial charge >= 0.3 is 0 Å². The minimum Gasteiger partial charge on any atom is -0.370 e. The van der Waals surface area contributed by atoms with Gasteiger partial charge in [0.2, 0.25) is 0 Å². The van der Waals surface area contributed by atoms with Crippen molar-refractivity contribution in [1.82, 2.24) is 9.97 Å². The quantitative estimate of drug-likeness (QED) is 0.572. The van der Waals surface area contributed by atoms with E-state index in [1.165, 1.54) is 13.3 Å². The second kappa shape index (κ2) is 8.76. The van der Waals surface area contributed by atoms with Gasteiger partial charge in [-0.15, -0.1) is 0 Å². The van der Waals surface area contributed by atoms with Crippen molar-refractivity contribution in [2.24, 2.45) is 0 Å². The fourth-order valence-corrected chi connectivity index (χ4v) is 2.15. The first kappa shape index (κ1) is 17.6. The molecule has 0 bridgehead atoms. The molecular weight excluding hydrogens is 304 g/mol. The number of anilines is 2. The normalized spacial score (nSPS) is 10.2. The Kier molecular flexibility index (Phi) is 6.42. The number of ketones is 1. The molecule has 0 saturated carbocycles. The van der Waals surface area contributed by atoms with Gasteiger partial charge in [-0.05, 0) is 37.6 Å². The molecule has 0 radical (unpaired) electrons. The highest BCUT2D eigenvalue weighted by atomic mass is 16.2. The maximum absolute atomic E-state index is 12.3. The molecule has 1 aromatic carbocycles. The second-order valence-electron chi connectivity index (χ2n) is 5.51. The number of unbranched alkanes of at least 4 members (excludes halogenated alkanes) is 2. The van der Waals surface area contributed by atoms with Crippen LogP contribution in [0.15, 0.2) is 36.7 Å². The molecule has 1 amide bonds. The molecule has 0 saturated heterocycles. The van der Waals surface area contributed by atoms with Crippen LogP contribution in [0, 0.1) is 0 Å². The third kappa shape index (κ3) is 5.15. The van der Waals surface area contributed by atoms with Crippen molar-refractivity contribution < 1.29 is 9.59 Å². The molecule has 2 N–H and O–H groups in total. The van der Waals surface area contributed by atoms with Crippen LogP contribution in [0.4, 0.5) is 11.5 Å². The van der Waals surface area contributed by atoms with Gasteiger partial charge in [-0.1, -0.05) is 19.8 Å². The zero-order valence-corrected chi connectivity index (χ0v) is 14.0. The lowest BCUT2D eigenvalue weighted by molar-refractivity contribution is 0.101. The van der Waals surface area contributed by atoms with Crippen LogP contribution < -0.4 is 10.6 Å². The average Bonchev–Trinajstić information content (AvgIpc) is 2.59. The van der Waals surface area contributed by atoms with Crippen molar-refractivity contribution in [1.29, 1.82) is 0 Å². The number of amides is 1. The van der Waals surface area contributed by atoms with E-state index >= 15 is 0 Å². The summed E-state index contributed by atoms with van der Waals surface area (Å²) in [6.45, 7) is 4.47. The third-order valence-electron chi connectivity index (χ3n) is 3.54. The number of rotatable bonds is 8. The second-order valence-corrected chi connectivity index (χ2v) is 5.51. The van der Waals surface area contributed by atoms with Crippen molar-refractivity contribution in [3.8, 4) is 0 Å². The molecule has 0 aliphatic rings. The van der Waals surface area contributed by atoms with Crippen molar-refractivity contribution in [2.45, 2.75) is 33.1 Å². The molecule has 0 aliphatic carbocycles. The van der Waals surface area contributed by atoms with E-state index in [4.69, 9.17) is 0 Å². The Morgan fingerprint density at radius 1 is 1.08 bits per heavy atom. The molecule has 24 heavy (non-hydrogen) atoms. The first-order valence-corrected chi connectivity index (χ1v) is 8.08. The van der Waals surface area contributed by atoms with Gasteiger partial charge in [0.15, 0.2) is 5.78 Å². The van der Waals surface area contributed by atoms with Crippen LogP contribution in [0.25, 0.3) is 0 Å². The lowest BCUT2D eigenvalue weighted by atomic mass is 10.1. The van der Waals surface area contributed by atoms with Crippen LogP contribution in [0.2, 0.25) is 0 Å². The molecular formula is C18H22N4O2. The summed E-state index contributed by atoms with van der Waals surface area (Å²) in [5, 5.41) is 5.95. The molecule has 0 unspecified atom stereocenters. The van der Waals surface area contributed by atoms with Crippen molar-refractivity contribution >= 4 is 23.2 Å². The van der Waals surface area contributed by atoms with E-state index in [0.29, 0.717) is 22.8 Å². The average molecular weight is 326 g/mol. The number of hydrogen-bond acceptors (Lipinski definition) is 5. The monoisotopic (exact) mass is 326 g/mol. The number of hydrogen-bond donors (Lipinski definition) is 2. The van der Waals surface area contributed by atoms with Gasteiger partial charge in [-0.3, -0.25) is 9.59 Å². The van der Waals surface area contributed by atoms with E-state index < -0.39 is 0 Å². The van der Waals surface area contributed by atoms with Crippen molar-refractivity contribution in [3.05, 3.63) is 47.9 Å². The molecule has 2 rings (SSSR count). The molecule has 126 valence electrons. The van der Waals surface area contributed by atoms with E-state index in [9.17, 15) is 9.59 Å². The summed E-state index contributed by atoms with van der Waals surface area (Å²) in [5.41, 5.74) is 1.51. The summed E-state index contributed by atoms with van der Waals surface area (Å²) in [4.78, 5) is 31.6. The first-order valence-electron chi connectivity index (χ1n) is 8.08. The van der Waals surface area contributed by atoms with Crippen LogP contribution in [0.1, 0.15) is 54.0 Å². The molecule has 2 aromatic rings. The summed E-state index contributed by atoms with van der Waals surface area (Å²) in [5.74, 6) is 0.310. The Morgan fingerprint density at radius 3 is 2.50 bits per heavy atom. The van der Waals surface area contributed by atoms with Gasteiger partial charge in [0.05, 0.1) is 0 Å². The van der Waals surface area contributed by atoms with Gasteiger partial charge < -0.3 is 10.6 Å². The van der Waals surface area contributed by atoms with Crippen LogP contribution in [-0.4, -0.2) is 28.2 Å². The standard InChI is InChI=1S/C18H22N4O2/c1-3-4-5-10-19-17-11-16(20-12-21-17)18(24)22-15-8-6-14(7-9-15)13(2)23/h6-9,11-12H,3-5,10H2,1-2H3,(H,22,24)(H,19,20,21). The molecule has 6 heteroatoms. The van der Waals surface area contributed by atoms with E-state index in [-0.39, 0.29) is 11.7 Å². The highest BCUT2D eigenvalue weighted by Crippen LogP contribution is 2.12. The summed E-state index contributed by atoms with van der Waals surface area (Å²) in [6, 6.07) is 8.38. The number of carbonyl (C=O) groups is 2. The maximum Gasteiger partial charge on any atom is 0.274 e. The molecule has 6 nitrogen and oxygen atoms in total. The lowest BCUT2D eigenvalue weighted by Gasteiger charge is -2.08. The van der Waals surface area contributed by atoms with Crippen molar-refractivity contribution in [3.63, 3.8) is 0 Å². The summed E-state index contributed by atoms with van der Waals surface area (Å²) in [7, 11) is 0. The van der Waals surface area contributed by atoms with Crippen molar-refractivity contribution in [2.75, 3.05) is 17.2 Å². The van der Waals surface area contributed by atoms with Crippen LogP contribution in [0.5, 0.6) is 0 Å². The largest absolute Gasteiger partial charge is 0.370 e. The predicted molar refractivity (Wildman–Crippen MR) is 94.4 cm³/mol. The summed E-state index contributed by atoms with van der Waals surface area (Å²) < 4.78 is 0. The highest BCUT2D eigenvalue weighted by molar-refractivity contribution is 6.03. The minimum absolute atomic E-state index is 0.0116. The first-order chi connectivity index (χ1) is 11.6. The zero-order chi connectivity index (χ0) is 17.4. The minimum atomic E-state index is -0.315. The number of Topliss-reactive ketones (excluding diaryl/α,β-unsaturated/α-hetero) is 1. The van der Waals surface area contributed by atoms with E-state index in [1.807, 2.05) is 0 Å². The SMILES string of the molecule is CCCCCNc1cc(C(=O)Nc2ccc(C(C)=O)cc2)ncn1. The predicted octanol–water partition coefficient (Wildman–Crippen LogP) is 3.53. The summed E-state index contributed by atoms with van der Waals surface area (Å²) in [6.07, 6.45) is 4.74. The Labute approximate surface area is 141 Å². The number of nitrogens with zero attached hydrogens (tertiary/aromatic N) is 2. The molecule has 0 atom stereocenters. The van der Waals surface area contributed by atoms with Gasteiger partial charge in [0.1, 0.15) is 17.8 Å². The topological polar surface area (TPSA) is 84.0 Å². The molecule has 0 fully saturated rings. The third-order valence-corrected chi connectivity index (χ3v) is 3.54. The number of benzene rings is 1. The van der Waals surface area contributed by atoms with Crippen LogP contribution in [0.3, 0.4) is 0 Å². The Morgan fingerprint density at radius 2 is 1.83 bits per heavy atom. The summed E-state index contributed by atoms with van der Waals surface area (Å²) >= 11 is 0. The maximum atomic E-state index is 12.3. The van der Waals surface area contributed by atoms with E-state index in [2.05, 4.69) is 27.5 Å². The Balaban J connectivity index is 1.97. The van der Waals surface area contributed by atoms with Gasteiger partial charge in [0, 0.05) is 23.9 Å². The Hall–Kier alpha value is -2.76. The smallest absolute Gasteiger partial charge is 0.274 e. The highest BCUT2D eigenvalue weighted by Gasteiger charge is 2.09. The Bertz CT molecular complexity index is 698. The zero-order valence-electron chi connectivity index (χ0n) is 14.0. The molecule has 0 aliphatic heterocycles. The molecule has 0 spiro atoms. The van der Waals surface area contributed by atoms with Gasteiger partial charge in [-0.25, -0.2) is 9.97 Å². The van der Waals surface area contributed by atoms with E-state index in [1.54, 1.807) is 30.3 Å². The van der Waals surface area contributed by atoms with E-state index in [0.717, 1.165) is 25.8 Å². The van der Waals surface area contributed by atoms with Crippen LogP contribution in [-0.2, 0) is 0 Å². The molecule has 1 aromatic heterocycles. The molecule has 1 heterocycles.